The zero-order chi connectivity index (χ0) is 16.9. The molecule has 3 aromatic rings. The molecule has 0 aliphatic carbocycles. The third kappa shape index (κ3) is 3.67. The number of aromatic nitrogens is 1. The normalized spacial score (nSPS) is 11.3. The Morgan fingerprint density at radius 3 is 2.83 bits per heavy atom. The summed E-state index contributed by atoms with van der Waals surface area (Å²) in [6.45, 7) is 2.41. The van der Waals surface area contributed by atoms with Gasteiger partial charge in [0.1, 0.15) is 16.8 Å². The zero-order valence-corrected chi connectivity index (χ0v) is 14.4. The molecule has 0 aliphatic heterocycles. The van der Waals surface area contributed by atoms with E-state index in [1.807, 2.05) is 36.6 Å². The fourth-order valence-electron chi connectivity index (χ4n) is 2.07. The first-order valence-electron chi connectivity index (χ1n) is 7.26. The van der Waals surface area contributed by atoms with Gasteiger partial charge in [-0.05, 0) is 25.1 Å². The number of hydrogen-bond donors (Lipinski definition) is 0. The van der Waals surface area contributed by atoms with Crippen molar-refractivity contribution in [2.24, 2.45) is 0 Å². The highest BCUT2D eigenvalue weighted by Gasteiger charge is 2.10. The molecule has 3 rings (SSSR count). The van der Waals surface area contributed by atoms with E-state index in [1.165, 1.54) is 11.3 Å². The van der Waals surface area contributed by atoms with Crippen LogP contribution in [0.3, 0.4) is 0 Å². The highest BCUT2D eigenvalue weighted by atomic mass is 35.5. The first-order chi connectivity index (χ1) is 11.7. The number of furan rings is 1. The lowest BCUT2D eigenvalue weighted by molar-refractivity contribution is 0.256. The van der Waals surface area contributed by atoms with Gasteiger partial charge in [-0.25, -0.2) is 4.98 Å². The van der Waals surface area contributed by atoms with Crippen molar-refractivity contribution in [3.05, 3.63) is 57.6 Å². The van der Waals surface area contributed by atoms with Gasteiger partial charge in [-0.2, -0.15) is 5.26 Å². The van der Waals surface area contributed by atoms with Crippen LogP contribution in [0.1, 0.15) is 17.7 Å². The Kier molecular flexibility index (Phi) is 4.99. The van der Waals surface area contributed by atoms with Crippen molar-refractivity contribution in [3.8, 4) is 23.3 Å². The summed E-state index contributed by atoms with van der Waals surface area (Å²) in [5.41, 5.74) is 2.20. The predicted molar refractivity (Wildman–Crippen MR) is 95.9 cm³/mol. The van der Waals surface area contributed by atoms with Crippen molar-refractivity contribution in [3.63, 3.8) is 0 Å². The summed E-state index contributed by atoms with van der Waals surface area (Å²) in [6.07, 6.45) is 1.66. The van der Waals surface area contributed by atoms with E-state index in [0.717, 1.165) is 11.3 Å². The summed E-state index contributed by atoms with van der Waals surface area (Å²) in [5.74, 6) is 0.986. The fourth-order valence-corrected chi connectivity index (χ4v) is 2.99. The van der Waals surface area contributed by atoms with Gasteiger partial charge >= 0.3 is 0 Å². The average molecular weight is 357 g/mol. The van der Waals surface area contributed by atoms with Crippen LogP contribution in [-0.2, 0) is 0 Å². The van der Waals surface area contributed by atoms with Gasteiger partial charge in [0.2, 0.25) is 0 Å². The average Bonchev–Trinajstić information content (AvgIpc) is 3.23. The van der Waals surface area contributed by atoms with Gasteiger partial charge in [0.15, 0.2) is 0 Å². The highest BCUT2D eigenvalue weighted by molar-refractivity contribution is 7.11. The van der Waals surface area contributed by atoms with Crippen molar-refractivity contribution in [1.82, 2.24) is 4.98 Å². The van der Waals surface area contributed by atoms with Crippen LogP contribution < -0.4 is 4.74 Å². The summed E-state index contributed by atoms with van der Waals surface area (Å²) in [7, 11) is 0. The van der Waals surface area contributed by atoms with Gasteiger partial charge in [-0.3, -0.25) is 0 Å². The first-order valence-corrected chi connectivity index (χ1v) is 8.51. The molecule has 2 aromatic heterocycles. The molecule has 0 bridgehead atoms. The maximum absolute atomic E-state index is 9.43. The molecule has 1 aromatic carbocycles. The van der Waals surface area contributed by atoms with Crippen LogP contribution in [0, 0.1) is 11.3 Å². The quantitative estimate of drug-likeness (QED) is 0.565. The Morgan fingerprint density at radius 2 is 2.12 bits per heavy atom. The molecular formula is C18H13ClN2O2S. The number of nitriles is 1. The van der Waals surface area contributed by atoms with Crippen LogP contribution in [0.15, 0.2) is 46.2 Å². The monoisotopic (exact) mass is 356 g/mol. The van der Waals surface area contributed by atoms with Crippen LogP contribution in [0.25, 0.3) is 22.9 Å². The minimum atomic E-state index is 0.432. The lowest BCUT2D eigenvalue weighted by atomic mass is 10.2. The van der Waals surface area contributed by atoms with Crippen molar-refractivity contribution < 1.29 is 9.15 Å². The number of thiazole rings is 1. The molecule has 0 amide bonds. The first kappa shape index (κ1) is 16.3. The van der Waals surface area contributed by atoms with Gasteiger partial charge in [0, 0.05) is 28.1 Å². The van der Waals surface area contributed by atoms with Crippen molar-refractivity contribution in [2.75, 3.05) is 6.61 Å². The van der Waals surface area contributed by atoms with E-state index >= 15 is 0 Å². The molecule has 0 N–H and O–H groups in total. The van der Waals surface area contributed by atoms with E-state index in [2.05, 4.69) is 11.1 Å². The van der Waals surface area contributed by atoms with E-state index in [-0.39, 0.29) is 0 Å². The minimum absolute atomic E-state index is 0.432. The second kappa shape index (κ2) is 7.35. The van der Waals surface area contributed by atoms with Gasteiger partial charge in [0.25, 0.3) is 5.95 Å². The van der Waals surface area contributed by atoms with Crippen LogP contribution >= 0.6 is 22.9 Å². The van der Waals surface area contributed by atoms with E-state index < -0.39 is 0 Å². The van der Waals surface area contributed by atoms with Gasteiger partial charge in [-0.15, -0.1) is 11.3 Å². The molecule has 0 radical (unpaired) electrons. The molecule has 2 heterocycles. The molecule has 0 fully saturated rings. The Labute approximate surface area is 148 Å². The SMILES string of the molecule is CCOc1ccc(C=C(C#N)c2nc(-c3ccc(Cl)cc3)cs2)o1. The summed E-state index contributed by atoms with van der Waals surface area (Å²) in [5, 5.41) is 12.7. The number of nitrogens with zero attached hydrogens (tertiary/aromatic N) is 2. The predicted octanol–water partition coefficient (Wildman–Crippen LogP) is 5.52. The number of rotatable bonds is 5. The van der Waals surface area contributed by atoms with Crippen LogP contribution in [-0.4, -0.2) is 11.6 Å². The minimum Gasteiger partial charge on any atom is -0.465 e. The topological polar surface area (TPSA) is 59.0 Å². The summed E-state index contributed by atoms with van der Waals surface area (Å²) in [4.78, 5) is 4.53. The Balaban J connectivity index is 1.87. The largest absolute Gasteiger partial charge is 0.465 e. The molecule has 0 saturated heterocycles. The summed E-state index contributed by atoms with van der Waals surface area (Å²) in [6, 6.07) is 13.1. The van der Waals surface area contributed by atoms with E-state index in [1.54, 1.807) is 18.2 Å². The lowest BCUT2D eigenvalue weighted by Crippen LogP contribution is -1.87. The fraction of sp³-hybridized carbons (Fsp3) is 0.111. The van der Waals surface area contributed by atoms with Crippen molar-refractivity contribution >= 4 is 34.6 Å². The standard InChI is InChI=1S/C18H13ClN2O2S/c1-2-22-17-8-7-15(23-17)9-13(10-20)18-21-16(11-24-18)12-3-5-14(19)6-4-12/h3-9,11H,2H2,1H3. The Bertz CT molecular complexity index is 904. The van der Waals surface area contributed by atoms with Gasteiger partial charge in [0.05, 0.1) is 17.9 Å². The maximum atomic E-state index is 9.43. The molecule has 0 spiro atoms. The highest BCUT2D eigenvalue weighted by Crippen LogP contribution is 2.28. The number of allylic oxidation sites excluding steroid dienone is 1. The van der Waals surface area contributed by atoms with Crippen LogP contribution in [0.4, 0.5) is 0 Å². The zero-order valence-electron chi connectivity index (χ0n) is 12.8. The molecule has 120 valence electrons. The number of benzene rings is 1. The molecule has 0 unspecified atom stereocenters. The van der Waals surface area contributed by atoms with Crippen molar-refractivity contribution in [1.29, 1.82) is 5.26 Å². The van der Waals surface area contributed by atoms with E-state index in [4.69, 9.17) is 20.8 Å². The lowest BCUT2D eigenvalue weighted by Gasteiger charge is -1.97. The molecule has 6 heteroatoms. The van der Waals surface area contributed by atoms with Crippen LogP contribution in [0.5, 0.6) is 5.95 Å². The third-order valence-corrected chi connectivity index (χ3v) is 4.30. The molecule has 0 atom stereocenters. The number of hydrogen-bond acceptors (Lipinski definition) is 5. The maximum Gasteiger partial charge on any atom is 0.284 e. The summed E-state index contributed by atoms with van der Waals surface area (Å²) < 4.78 is 10.8. The Morgan fingerprint density at radius 1 is 1.33 bits per heavy atom. The molecule has 4 nitrogen and oxygen atoms in total. The van der Waals surface area contributed by atoms with E-state index in [9.17, 15) is 5.26 Å². The second-order valence-electron chi connectivity index (χ2n) is 4.80. The van der Waals surface area contributed by atoms with Crippen LogP contribution in [0.2, 0.25) is 5.02 Å². The molecule has 24 heavy (non-hydrogen) atoms. The van der Waals surface area contributed by atoms with Crippen molar-refractivity contribution in [2.45, 2.75) is 6.92 Å². The van der Waals surface area contributed by atoms with E-state index in [0.29, 0.717) is 33.9 Å². The third-order valence-electron chi connectivity index (χ3n) is 3.17. The number of halogens is 1. The summed E-state index contributed by atoms with van der Waals surface area (Å²) >= 11 is 7.31. The van der Waals surface area contributed by atoms with Gasteiger partial charge < -0.3 is 9.15 Å². The number of ether oxygens (including phenoxy) is 1. The van der Waals surface area contributed by atoms with Gasteiger partial charge in [-0.1, -0.05) is 23.7 Å². The molecular weight excluding hydrogens is 344 g/mol. The Hall–Kier alpha value is -2.55. The molecule has 0 saturated carbocycles. The smallest absolute Gasteiger partial charge is 0.284 e. The molecule has 0 aliphatic rings. The second-order valence-corrected chi connectivity index (χ2v) is 6.10.